The summed E-state index contributed by atoms with van der Waals surface area (Å²) in [6.45, 7) is 2.71. The van der Waals surface area contributed by atoms with Crippen LogP contribution in [0.2, 0.25) is 0 Å². The van der Waals surface area contributed by atoms with Gasteiger partial charge in [-0.05, 0) is 18.9 Å². The van der Waals surface area contributed by atoms with Gasteiger partial charge in [-0.1, -0.05) is 13.3 Å². The minimum absolute atomic E-state index is 0.102. The molecule has 1 saturated heterocycles. The van der Waals surface area contributed by atoms with Crippen LogP contribution in [0.5, 0.6) is 0 Å². The Labute approximate surface area is 125 Å². The molecule has 0 saturated carbocycles. The maximum atomic E-state index is 11.9. The number of pyridine rings is 1. The molecule has 1 fully saturated rings. The number of hydrogen-bond donors (Lipinski definition) is 2. The van der Waals surface area contributed by atoms with E-state index in [-0.39, 0.29) is 23.5 Å². The van der Waals surface area contributed by atoms with Crippen LogP contribution >= 0.6 is 0 Å². The van der Waals surface area contributed by atoms with Crippen LogP contribution in [-0.4, -0.2) is 43.4 Å². The Bertz CT molecular complexity index is 601. The lowest BCUT2D eigenvalue weighted by molar-refractivity contribution is 0.0953. The maximum absolute atomic E-state index is 11.9. The summed E-state index contributed by atoms with van der Waals surface area (Å²) in [6, 6.07) is 1.61. The molecule has 6 nitrogen and oxygen atoms in total. The minimum atomic E-state index is -2.92. The molecule has 1 aromatic rings. The molecular formula is C14H21N3O3S. The van der Waals surface area contributed by atoms with Crippen LogP contribution in [0.3, 0.4) is 0 Å². The summed E-state index contributed by atoms with van der Waals surface area (Å²) in [5.74, 6) is 0.202. The van der Waals surface area contributed by atoms with Crippen molar-refractivity contribution in [2.45, 2.75) is 32.2 Å². The Morgan fingerprint density at radius 3 is 2.90 bits per heavy atom. The monoisotopic (exact) mass is 311 g/mol. The second-order valence-corrected chi connectivity index (χ2v) is 7.54. The normalized spacial score (nSPS) is 20.1. The van der Waals surface area contributed by atoms with Gasteiger partial charge < -0.3 is 10.6 Å². The van der Waals surface area contributed by atoms with Crippen molar-refractivity contribution in [2.24, 2.45) is 0 Å². The fourth-order valence-corrected chi connectivity index (χ4v) is 3.94. The highest BCUT2D eigenvalue weighted by molar-refractivity contribution is 7.91. The van der Waals surface area contributed by atoms with Crippen molar-refractivity contribution in [2.75, 3.05) is 23.4 Å². The number of aromatic nitrogens is 1. The summed E-state index contributed by atoms with van der Waals surface area (Å²) in [5.41, 5.74) is 1.16. The fourth-order valence-electron chi connectivity index (χ4n) is 2.27. The van der Waals surface area contributed by atoms with Crippen LogP contribution < -0.4 is 10.6 Å². The van der Waals surface area contributed by atoms with Crippen molar-refractivity contribution >= 4 is 21.4 Å². The summed E-state index contributed by atoms with van der Waals surface area (Å²) in [4.78, 5) is 16.0. The Hall–Kier alpha value is -1.63. The maximum Gasteiger partial charge on any atom is 0.252 e. The van der Waals surface area contributed by atoms with Crippen LogP contribution in [0.25, 0.3) is 0 Å². The SMILES string of the molecule is CCCCNC(=O)c1cncc(NC2CCS(=O)(=O)C2)c1. The molecule has 2 N–H and O–H groups in total. The van der Waals surface area contributed by atoms with Gasteiger partial charge in [0.25, 0.3) is 5.91 Å². The zero-order valence-electron chi connectivity index (χ0n) is 12.1. The Morgan fingerprint density at radius 1 is 1.43 bits per heavy atom. The molecule has 1 atom stereocenters. The van der Waals surface area contributed by atoms with Crippen molar-refractivity contribution in [1.82, 2.24) is 10.3 Å². The molecule has 7 heteroatoms. The molecule has 1 aromatic heterocycles. The molecule has 0 aromatic carbocycles. The molecule has 0 spiro atoms. The summed E-state index contributed by atoms with van der Waals surface area (Å²) >= 11 is 0. The first-order valence-corrected chi connectivity index (χ1v) is 9.02. The summed E-state index contributed by atoms with van der Waals surface area (Å²) in [5, 5.41) is 5.97. The number of hydrogen-bond acceptors (Lipinski definition) is 5. The third-order valence-corrected chi connectivity index (χ3v) is 5.19. The van der Waals surface area contributed by atoms with Crippen LogP contribution in [0.4, 0.5) is 5.69 Å². The highest BCUT2D eigenvalue weighted by atomic mass is 32.2. The third-order valence-electron chi connectivity index (χ3n) is 3.42. The van der Waals surface area contributed by atoms with E-state index in [0.29, 0.717) is 24.2 Å². The number of carbonyl (C=O) groups is 1. The summed E-state index contributed by atoms with van der Waals surface area (Å²) in [6.07, 6.45) is 5.67. The lowest BCUT2D eigenvalue weighted by Gasteiger charge is -2.13. The second kappa shape index (κ2) is 6.89. The van der Waals surface area contributed by atoms with E-state index in [1.165, 1.54) is 6.20 Å². The third kappa shape index (κ3) is 4.70. The summed E-state index contributed by atoms with van der Waals surface area (Å²) < 4.78 is 22.9. The van der Waals surface area contributed by atoms with Gasteiger partial charge in [-0.25, -0.2) is 8.42 Å². The Balaban J connectivity index is 1.96. The molecule has 1 unspecified atom stereocenters. The van der Waals surface area contributed by atoms with Gasteiger partial charge in [0.05, 0.1) is 22.8 Å². The van der Waals surface area contributed by atoms with E-state index in [2.05, 4.69) is 22.5 Å². The van der Waals surface area contributed by atoms with Crippen LogP contribution in [0.15, 0.2) is 18.5 Å². The number of sulfone groups is 1. The molecule has 1 aliphatic rings. The number of nitrogens with zero attached hydrogens (tertiary/aromatic N) is 1. The quantitative estimate of drug-likeness (QED) is 0.771. The van der Waals surface area contributed by atoms with Crippen LogP contribution in [0, 0.1) is 0 Å². The number of amides is 1. The van der Waals surface area contributed by atoms with E-state index in [0.717, 1.165) is 12.8 Å². The molecule has 2 heterocycles. The zero-order valence-corrected chi connectivity index (χ0v) is 12.9. The predicted octanol–water partition coefficient (Wildman–Crippen LogP) is 1.21. The topological polar surface area (TPSA) is 88.2 Å². The van der Waals surface area contributed by atoms with Gasteiger partial charge in [-0.2, -0.15) is 0 Å². The molecular weight excluding hydrogens is 290 g/mol. The molecule has 0 bridgehead atoms. The number of nitrogens with one attached hydrogen (secondary N) is 2. The van der Waals surface area contributed by atoms with E-state index in [1.54, 1.807) is 12.3 Å². The van der Waals surface area contributed by atoms with Gasteiger partial charge >= 0.3 is 0 Å². The zero-order chi connectivity index (χ0) is 15.3. The number of anilines is 1. The standard InChI is InChI=1S/C14H21N3O3S/c1-2-3-5-16-14(18)11-7-13(9-15-8-11)17-12-4-6-21(19,20)10-12/h7-9,12,17H,2-6,10H2,1H3,(H,16,18). The molecule has 1 aliphatic heterocycles. The van der Waals surface area contributed by atoms with Crippen molar-refractivity contribution in [3.05, 3.63) is 24.0 Å². The number of carbonyl (C=O) groups excluding carboxylic acids is 1. The first-order valence-electron chi connectivity index (χ1n) is 7.20. The van der Waals surface area contributed by atoms with Crippen molar-refractivity contribution in [3.63, 3.8) is 0 Å². The van der Waals surface area contributed by atoms with E-state index in [1.807, 2.05) is 0 Å². The molecule has 116 valence electrons. The largest absolute Gasteiger partial charge is 0.380 e. The van der Waals surface area contributed by atoms with Gasteiger partial charge in [0.15, 0.2) is 9.84 Å². The van der Waals surface area contributed by atoms with Crippen molar-refractivity contribution < 1.29 is 13.2 Å². The highest BCUT2D eigenvalue weighted by Gasteiger charge is 2.27. The van der Waals surface area contributed by atoms with Crippen molar-refractivity contribution in [1.29, 1.82) is 0 Å². The highest BCUT2D eigenvalue weighted by Crippen LogP contribution is 2.17. The predicted molar refractivity (Wildman–Crippen MR) is 82.2 cm³/mol. The van der Waals surface area contributed by atoms with Gasteiger partial charge in [0.1, 0.15) is 0 Å². The van der Waals surface area contributed by atoms with Crippen LogP contribution in [0.1, 0.15) is 36.5 Å². The Kier molecular flexibility index (Phi) is 5.17. The lowest BCUT2D eigenvalue weighted by Crippen LogP contribution is -2.25. The average molecular weight is 311 g/mol. The van der Waals surface area contributed by atoms with Crippen molar-refractivity contribution in [3.8, 4) is 0 Å². The molecule has 2 rings (SSSR count). The van der Waals surface area contributed by atoms with E-state index < -0.39 is 9.84 Å². The number of rotatable bonds is 6. The van der Waals surface area contributed by atoms with E-state index in [9.17, 15) is 13.2 Å². The van der Waals surface area contributed by atoms with Gasteiger partial charge in [-0.3, -0.25) is 9.78 Å². The smallest absolute Gasteiger partial charge is 0.252 e. The van der Waals surface area contributed by atoms with Gasteiger partial charge in [-0.15, -0.1) is 0 Å². The average Bonchev–Trinajstić information content (AvgIpc) is 2.78. The lowest BCUT2D eigenvalue weighted by atomic mass is 10.2. The Morgan fingerprint density at radius 2 is 2.24 bits per heavy atom. The number of unbranched alkanes of at least 4 members (excludes halogenated alkanes) is 1. The van der Waals surface area contributed by atoms with Gasteiger partial charge in [0.2, 0.25) is 0 Å². The molecule has 21 heavy (non-hydrogen) atoms. The van der Waals surface area contributed by atoms with E-state index in [4.69, 9.17) is 0 Å². The first kappa shape index (κ1) is 15.8. The molecule has 1 amide bonds. The first-order chi connectivity index (χ1) is 10.00. The summed E-state index contributed by atoms with van der Waals surface area (Å²) in [7, 11) is -2.92. The van der Waals surface area contributed by atoms with E-state index >= 15 is 0 Å². The van der Waals surface area contributed by atoms with Gasteiger partial charge in [0, 0.05) is 25.0 Å². The second-order valence-electron chi connectivity index (χ2n) is 5.32. The van der Waals surface area contributed by atoms with Crippen LogP contribution in [-0.2, 0) is 9.84 Å². The molecule has 0 radical (unpaired) electrons. The minimum Gasteiger partial charge on any atom is -0.380 e. The molecule has 0 aliphatic carbocycles. The fraction of sp³-hybridized carbons (Fsp3) is 0.571.